The molecule has 82 valence electrons. The molecule has 16 heavy (non-hydrogen) atoms. The Kier molecular flexibility index (Phi) is 2.04. The number of carboxylic acids is 1. The number of aromatic nitrogens is 3. The van der Waals surface area contributed by atoms with Crippen LogP contribution in [0.5, 0.6) is 0 Å². The molecule has 8 nitrogen and oxygen atoms in total. The molecule has 0 N–H and O–H groups in total. The van der Waals surface area contributed by atoms with Crippen LogP contribution in [0.4, 0.5) is 5.69 Å². The van der Waals surface area contributed by atoms with Gasteiger partial charge in [-0.25, -0.2) is 9.50 Å². The van der Waals surface area contributed by atoms with Gasteiger partial charge in [-0.2, -0.15) is 5.10 Å². The number of nitrogens with zero attached hydrogens (tertiary/aromatic N) is 4. The molecule has 8 heteroatoms. The van der Waals surface area contributed by atoms with Gasteiger partial charge in [-0.15, -0.1) is 0 Å². The van der Waals surface area contributed by atoms with Crippen molar-refractivity contribution in [3.05, 3.63) is 33.8 Å². The van der Waals surface area contributed by atoms with Gasteiger partial charge < -0.3 is 9.90 Å². The minimum Gasteiger partial charge on any atom is -0.545 e. The van der Waals surface area contributed by atoms with Gasteiger partial charge in [-0.1, -0.05) is 0 Å². The van der Waals surface area contributed by atoms with Gasteiger partial charge in [0, 0.05) is 11.8 Å². The van der Waals surface area contributed by atoms with Crippen LogP contribution in [0.25, 0.3) is 5.65 Å². The van der Waals surface area contributed by atoms with Gasteiger partial charge in [0.25, 0.3) is 0 Å². The number of carboxylic acid groups (broad SMARTS) is 1. The molecule has 0 fully saturated rings. The summed E-state index contributed by atoms with van der Waals surface area (Å²) in [6.45, 7) is 1.47. The average Bonchev–Trinajstić information content (AvgIpc) is 2.61. The first-order valence-corrected chi connectivity index (χ1v) is 4.21. The quantitative estimate of drug-likeness (QED) is 0.489. The molecule has 0 aliphatic rings. The molecule has 2 aromatic rings. The molecule has 0 radical (unpaired) electrons. The maximum absolute atomic E-state index is 10.7. The lowest BCUT2D eigenvalue weighted by Gasteiger charge is -2.06. The van der Waals surface area contributed by atoms with Gasteiger partial charge in [-0.3, -0.25) is 10.1 Å². The van der Waals surface area contributed by atoms with Crippen molar-refractivity contribution < 1.29 is 14.8 Å². The monoisotopic (exact) mass is 221 g/mol. The Morgan fingerprint density at radius 2 is 2.19 bits per heavy atom. The van der Waals surface area contributed by atoms with Crippen molar-refractivity contribution in [3.8, 4) is 0 Å². The minimum atomic E-state index is -1.40. The Morgan fingerprint density at radius 3 is 2.75 bits per heavy atom. The normalized spacial score (nSPS) is 10.6. The van der Waals surface area contributed by atoms with E-state index < -0.39 is 10.9 Å². The zero-order valence-electron chi connectivity index (χ0n) is 8.08. The largest absolute Gasteiger partial charge is 0.545 e. The summed E-state index contributed by atoms with van der Waals surface area (Å²) in [7, 11) is 0. The van der Waals surface area contributed by atoms with E-state index in [0.29, 0.717) is 0 Å². The molecular weight excluding hydrogens is 216 g/mol. The van der Waals surface area contributed by atoms with Gasteiger partial charge in [-0.05, 0) is 6.92 Å². The molecule has 0 aromatic carbocycles. The highest BCUT2D eigenvalue weighted by molar-refractivity contribution is 5.87. The van der Waals surface area contributed by atoms with E-state index in [1.54, 1.807) is 0 Å². The minimum absolute atomic E-state index is 0.00694. The van der Waals surface area contributed by atoms with Gasteiger partial charge in [0.2, 0.25) is 5.65 Å². The maximum Gasteiger partial charge on any atom is 0.333 e. The highest BCUT2D eigenvalue weighted by atomic mass is 16.6. The van der Waals surface area contributed by atoms with Crippen LogP contribution in [0.3, 0.4) is 0 Å². The van der Waals surface area contributed by atoms with Crippen LogP contribution in [0.15, 0.2) is 12.4 Å². The SMILES string of the molecule is Cc1c(C(=O)[O-])cnc2c([N+](=O)[O-])cnn12. The van der Waals surface area contributed by atoms with Crippen molar-refractivity contribution in [1.82, 2.24) is 14.6 Å². The third-order valence-electron chi connectivity index (χ3n) is 2.17. The lowest BCUT2D eigenvalue weighted by Crippen LogP contribution is -2.24. The number of fused-ring (bicyclic) bond motifs is 1. The first kappa shape index (κ1) is 10.0. The summed E-state index contributed by atoms with van der Waals surface area (Å²) in [5.74, 6) is -1.40. The Hall–Kier alpha value is -2.51. The van der Waals surface area contributed by atoms with Gasteiger partial charge in [0.1, 0.15) is 6.20 Å². The van der Waals surface area contributed by atoms with Gasteiger partial charge in [0.15, 0.2) is 0 Å². The number of hydrogen-bond acceptors (Lipinski definition) is 6. The maximum atomic E-state index is 10.7. The second kappa shape index (κ2) is 3.26. The summed E-state index contributed by atoms with van der Waals surface area (Å²) in [5, 5.41) is 25.0. The van der Waals surface area contributed by atoms with E-state index in [4.69, 9.17) is 0 Å². The van der Waals surface area contributed by atoms with Crippen molar-refractivity contribution in [2.45, 2.75) is 6.92 Å². The van der Waals surface area contributed by atoms with Gasteiger partial charge >= 0.3 is 5.69 Å². The van der Waals surface area contributed by atoms with Gasteiger partial charge in [0.05, 0.1) is 16.6 Å². The van der Waals surface area contributed by atoms with Crippen LogP contribution < -0.4 is 5.11 Å². The third-order valence-corrected chi connectivity index (χ3v) is 2.17. The van der Waals surface area contributed by atoms with Crippen LogP contribution in [-0.4, -0.2) is 25.5 Å². The molecule has 0 aliphatic heterocycles. The van der Waals surface area contributed by atoms with Crippen molar-refractivity contribution in [1.29, 1.82) is 0 Å². The number of aromatic carboxylic acids is 1. The third kappa shape index (κ3) is 1.28. The number of aryl methyl sites for hydroxylation is 1. The smallest absolute Gasteiger partial charge is 0.333 e. The topological polar surface area (TPSA) is 113 Å². The second-order valence-corrected chi connectivity index (χ2v) is 3.07. The fraction of sp³-hybridized carbons (Fsp3) is 0.125. The van der Waals surface area contributed by atoms with E-state index in [1.165, 1.54) is 6.92 Å². The number of nitro groups is 1. The molecule has 0 saturated carbocycles. The zero-order chi connectivity index (χ0) is 11.9. The molecule has 0 spiro atoms. The van der Waals surface area contributed by atoms with Crippen LogP contribution in [0, 0.1) is 17.0 Å². The summed E-state index contributed by atoms with van der Waals surface area (Å²) < 4.78 is 1.10. The van der Waals surface area contributed by atoms with E-state index in [1.807, 2.05) is 0 Å². The fourth-order valence-electron chi connectivity index (χ4n) is 1.36. The van der Waals surface area contributed by atoms with Crippen molar-refractivity contribution in [2.75, 3.05) is 0 Å². The van der Waals surface area contributed by atoms with Crippen LogP contribution in [0.2, 0.25) is 0 Å². The first-order chi connectivity index (χ1) is 7.52. The summed E-state index contributed by atoms with van der Waals surface area (Å²) in [6.07, 6.45) is 2.04. The van der Waals surface area contributed by atoms with Crippen LogP contribution in [0.1, 0.15) is 16.1 Å². The standard InChI is InChI=1S/C8H6N4O4/c1-4-5(8(13)14)2-9-7-6(12(15)16)3-10-11(4)7/h2-3H,1H3,(H,13,14)/p-1. The average molecular weight is 221 g/mol. The lowest BCUT2D eigenvalue weighted by molar-refractivity contribution is -0.383. The summed E-state index contributed by atoms with van der Waals surface area (Å²) in [6, 6.07) is 0. The molecule has 2 rings (SSSR count). The Labute approximate surface area is 88.3 Å². The Morgan fingerprint density at radius 1 is 1.50 bits per heavy atom. The summed E-state index contributed by atoms with van der Waals surface area (Å²) in [5.41, 5.74) is -0.177. The van der Waals surface area contributed by atoms with Crippen LogP contribution >= 0.6 is 0 Å². The second-order valence-electron chi connectivity index (χ2n) is 3.07. The number of rotatable bonds is 2. The number of hydrogen-bond donors (Lipinski definition) is 0. The molecule has 0 atom stereocenters. The van der Waals surface area contributed by atoms with Crippen molar-refractivity contribution in [3.63, 3.8) is 0 Å². The Bertz CT molecular complexity index is 603. The van der Waals surface area contributed by atoms with Crippen molar-refractivity contribution in [2.24, 2.45) is 0 Å². The lowest BCUT2D eigenvalue weighted by atomic mass is 10.2. The molecule has 2 aromatic heterocycles. The molecule has 0 unspecified atom stereocenters. The summed E-state index contributed by atoms with van der Waals surface area (Å²) >= 11 is 0. The molecule has 0 saturated heterocycles. The zero-order valence-corrected chi connectivity index (χ0v) is 8.08. The molecular formula is C8H5N4O4-. The Balaban J connectivity index is 2.78. The number of carbonyl (C=O) groups is 1. The summed E-state index contributed by atoms with van der Waals surface area (Å²) in [4.78, 5) is 24.3. The molecule has 0 aliphatic carbocycles. The highest BCUT2D eigenvalue weighted by Gasteiger charge is 2.18. The van der Waals surface area contributed by atoms with E-state index in [9.17, 15) is 20.0 Å². The predicted octanol–water partition coefficient (Wildman–Crippen LogP) is -0.691. The predicted molar refractivity (Wildman–Crippen MR) is 48.7 cm³/mol. The van der Waals surface area contributed by atoms with E-state index in [2.05, 4.69) is 10.1 Å². The first-order valence-electron chi connectivity index (χ1n) is 4.21. The molecule has 2 heterocycles. The number of carbonyl (C=O) groups excluding carboxylic acids is 1. The van der Waals surface area contributed by atoms with E-state index >= 15 is 0 Å². The highest BCUT2D eigenvalue weighted by Crippen LogP contribution is 2.18. The van der Waals surface area contributed by atoms with E-state index in [0.717, 1.165) is 16.9 Å². The van der Waals surface area contributed by atoms with Crippen LogP contribution in [-0.2, 0) is 0 Å². The van der Waals surface area contributed by atoms with Crippen molar-refractivity contribution >= 4 is 17.3 Å². The fourth-order valence-corrected chi connectivity index (χ4v) is 1.36. The molecule has 0 amide bonds. The van der Waals surface area contributed by atoms with E-state index in [-0.39, 0.29) is 22.6 Å². The molecule has 0 bridgehead atoms.